The van der Waals surface area contributed by atoms with E-state index in [0.717, 1.165) is 30.1 Å². The fraction of sp³-hybridized carbons (Fsp3) is 0.875. The number of hydrogen-bond donors (Lipinski definition) is 0. The van der Waals surface area contributed by atoms with Crippen molar-refractivity contribution in [1.82, 2.24) is 0 Å². The molecule has 0 aromatic heterocycles. The maximum absolute atomic E-state index is 11.3. The molecule has 5 atom stereocenters. The smallest absolute Gasteiger partial charge is 0.305 e. The van der Waals surface area contributed by atoms with Crippen molar-refractivity contribution in [2.45, 2.75) is 69.4 Å². The third kappa shape index (κ3) is 4.12. The number of halogens is 1. The summed E-state index contributed by atoms with van der Waals surface area (Å²) < 4.78 is 18.1. The van der Waals surface area contributed by atoms with Crippen LogP contribution in [0, 0.1) is 17.2 Å². The molecule has 2 fully saturated rings. The largest absolute Gasteiger partial charge is 0.469 e. The molecule has 0 spiro atoms. The number of alkyl halides is 1. The minimum Gasteiger partial charge on any atom is -0.469 e. The van der Waals surface area contributed by atoms with Crippen LogP contribution < -0.4 is 0 Å². The molecule has 2 rings (SSSR count). The highest BCUT2D eigenvalue weighted by atomic mass is 127. The Bertz CT molecular complexity index is 438. The number of ether oxygens (including phenoxy) is 3. The van der Waals surface area contributed by atoms with E-state index >= 15 is 0 Å². The topological polar surface area (TPSA) is 68.5 Å². The molecule has 2 aliphatic rings. The number of hydrogen-bond acceptors (Lipinski definition) is 5. The minimum absolute atomic E-state index is 0.0188. The van der Waals surface area contributed by atoms with Crippen molar-refractivity contribution in [2.24, 2.45) is 5.92 Å². The highest BCUT2D eigenvalue weighted by Gasteiger charge is 2.52. The fourth-order valence-electron chi connectivity index (χ4n) is 3.44. The lowest BCUT2D eigenvalue weighted by Crippen LogP contribution is -2.50. The van der Waals surface area contributed by atoms with Crippen LogP contribution in [0.15, 0.2) is 0 Å². The third-order valence-electron chi connectivity index (χ3n) is 4.63. The Labute approximate surface area is 145 Å². The van der Waals surface area contributed by atoms with Crippen LogP contribution in [0.2, 0.25) is 0 Å². The highest BCUT2D eigenvalue weighted by Crippen LogP contribution is 2.44. The van der Waals surface area contributed by atoms with E-state index in [4.69, 9.17) is 19.5 Å². The van der Waals surface area contributed by atoms with E-state index in [1.54, 1.807) is 0 Å². The average Bonchev–Trinajstić information content (AvgIpc) is 2.90. The van der Waals surface area contributed by atoms with E-state index in [2.05, 4.69) is 28.7 Å². The summed E-state index contributed by atoms with van der Waals surface area (Å²) in [5.41, 5.74) is -0.251. The first-order chi connectivity index (χ1) is 10.5. The van der Waals surface area contributed by atoms with Gasteiger partial charge in [0, 0.05) is 23.2 Å². The van der Waals surface area contributed by atoms with E-state index in [0.29, 0.717) is 12.8 Å². The number of fused-ring (bicyclic) bond motifs is 1. The van der Waals surface area contributed by atoms with Gasteiger partial charge in [-0.3, -0.25) is 4.79 Å². The van der Waals surface area contributed by atoms with Gasteiger partial charge in [-0.2, -0.15) is 5.26 Å². The van der Waals surface area contributed by atoms with Crippen LogP contribution in [0.1, 0.15) is 45.4 Å². The van der Waals surface area contributed by atoms with Gasteiger partial charge in [-0.25, -0.2) is 0 Å². The Kier molecular flexibility index (Phi) is 6.47. The Balaban J connectivity index is 1.94. The van der Waals surface area contributed by atoms with Crippen molar-refractivity contribution in [2.75, 3.05) is 11.5 Å². The molecule has 0 aromatic rings. The lowest BCUT2D eigenvalue weighted by Gasteiger charge is -2.41. The molecule has 2 heterocycles. The zero-order chi connectivity index (χ0) is 16.2. The zero-order valence-electron chi connectivity index (χ0n) is 13.2. The van der Waals surface area contributed by atoms with E-state index in [1.165, 1.54) is 7.11 Å². The quantitative estimate of drug-likeness (QED) is 0.375. The SMILES string of the molecule is COC(=O)CCC1CC2(CI)OC(C[C@@H](C)C#N)CC[C@@H]2O1. The second-order valence-corrected chi connectivity index (χ2v) is 7.11. The van der Waals surface area contributed by atoms with Crippen LogP contribution in [0.5, 0.6) is 0 Å². The van der Waals surface area contributed by atoms with Gasteiger partial charge >= 0.3 is 5.97 Å². The Morgan fingerprint density at radius 3 is 2.91 bits per heavy atom. The van der Waals surface area contributed by atoms with Gasteiger partial charge in [0.25, 0.3) is 0 Å². The number of carbonyl (C=O) groups is 1. The van der Waals surface area contributed by atoms with Crippen molar-refractivity contribution in [3.63, 3.8) is 0 Å². The van der Waals surface area contributed by atoms with Gasteiger partial charge < -0.3 is 14.2 Å². The minimum atomic E-state index is -0.251. The standard InChI is InChI=1S/C16H24INO4/c1-11(9-18)7-12-3-5-14-16(10-17,22-12)8-13(21-14)4-6-15(19)20-2/h11-14H,3-8,10H2,1-2H3/t11-,12?,13?,14+,16?/m1/s1. The second-order valence-electron chi connectivity index (χ2n) is 6.35. The summed E-state index contributed by atoms with van der Waals surface area (Å²) in [5.74, 6) is -0.172. The van der Waals surface area contributed by atoms with Gasteiger partial charge in [-0.1, -0.05) is 22.6 Å². The summed E-state index contributed by atoms with van der Waals surface area (Å²) in [7, 11) is 1.41. The molecule has 0 aromatic carbocycles. The molecule has 2 aliphatic heterocycles. The monoisotopic (exact) mass is 421 g/mol. The Morgan fingerprint density at radius 2 is 2.27 bits per heavy atom. The average molecular weight is 421 g/mol. The molecule has 0 bridgehead atoms. The zero-order valence-corrected chi connectivity index (χ0v) is 15.4. The molecular formula is C16H24INO4. The predicted molar refractivity (Wildman–Crippen MR) is 89.6 cm³/mol. The molecule has 6 heteroatoms. The molecule has 3 unspecified atom stereocenters. The van der Waals surface area contributed by atoms with Gasteiger partial charge in [0.15, 0.2) is 0 Å². The molecular weight excluding hydrogens is 397 g/mol. The molecule has 0 N–H and O–H groups in total. The van der Waals surface area contributed by atoms with Crippen LogP contribution in [0.25, 0.3) is 0 Å². The molecule has 0 saturated carbocycles. The second kappa shape index (κ2) is 7.93. The number of rotatable bonds is 6. The van der Waals surface area contributed by atoms with Crippen molar-refractivity contribution in [3.8, 4) is 6.07 Å². The Hall–Kier alpha value is -0.390. The molecule has 0 aliphatic carbocycles. The van der Waals surface area contributed by atoms with Gasteiger partial charge in [0.05, 0.1) is 31.5 Å². The Morgan fingerprint density at radius 1 is 1.50 bits per heavy atom. The molecule has 2 saturated heterocycles. The maximum atomic E-state index is 11.3. The first-order valence-corrected chi connectivity index (χ1v) is 9.41. The summed E-state index contributed by atoms with van der Waals surface area (Å²) >= 11 is 2.37. The number of nitrogens with zero attached hydrogens (tertiary/aromatic N) is 1. The van der Waals surface area contributed by atoms with E-state index in [-0.39, 0.29) is 35.8 Å². The fourth-order valence-corrected chi connectivity index (χ4v) is 4.42. The molecule has 0 amide bonds. The summed E-state index contributed by atoms with van der Waals surface area (Å²) in [4.78, 5) is 11.3. The van der Waals surface area contributed by atoms with E-state index in [1.807, 2.05) is 6.92 Å². The van der Waals surface area contributed by atoms with Gasteiger partial charge in [-0.15, -0.1) is 0 Å². The summed E-state index contributed by atoms with van der Waals surface area (Å²) in [5, 5.41) is 8.99. The van der Waals surface area contributed by atoms with Crippen molar-refractivity contribution >= 4 is 28.6 Å². The molecule has 22 heavy (non-hydrogen) atoms. The van der Waals surface area contributed by atoms with Crippen LogP contribution in [0.4, 0.5) is 0 Å². The summed E-state index contributed by atoms with van der Waals surface area (Å²) in [6.07, 6.45) is 4.92. The first kappa shape index (κ1) is 18.0. The van der Waals surface area contributed by atoms with Crippen LogP contribution in [0.3, 0.4) is 0 Å². The molecule has 0 radical (unpaired) electrons. The predicted octanol–water partition coefficient (Wildman–Crippen LogP) is 3.00. The van der Waals surface area contributed by atoms with Crippen molar-refractivity contribution < 1.29 is 19.0 Å². The van der Waals surface area contributed by atoms with E-state index < -0.39 is 0 Å². The van der Waals surface area contributed by atoms with Crippen molar-refractivity contribution in [1.29, 1.82) is 5.26 Å². The highest BCUT2D eigenvalue weighted by molar-refractivity contribution is 14.1. The molecule has 5 nitrogen and oxygen atoms in total. The van der Waals surface area contributed by atoms with Crippen LogP contribution >= 0.6 is 22.6 Å². The summed E-state index contributed by atoms with van der Waals surface area (Å²) in [6, 6.07) is 2.29. The van der Waals surface area contributed by atoms with Gasteiger partial charge in [-0.05, 0) is 32.6 Å². The summed E-state index contributed by atoms with van der Waals surface area (Å²) in [6.45, 7) is 1.94. The lowest BCUT2D eigenvalue weighted by molar-refractivity contribution is -0.155. The number of nitriles is 1. The first-order valence-electron chi connectivity index (χ1n) is 7.88. The number of carbonyl (C=O) groups excluding carboxylic acids is 1. The lowest BCUT2D eigenvalue weighted by atomic mass is 9.86. The maximum Gasteiger partial charge on any atom is 0.305 e. The van der Waals surface area contributed by atoms with Crippen LogP contribution in [-0.2, 0) is 19.0 Å². The molecule has 124 valence electrons. The van der Waals surface area contributed by atoms with Gasteiger partial charge in [0.1, 0.15) is 5.60 Å². The van der Waals surface area contributed by atoms with Crippen molar-refractivity contribution in [3.05, 3.63) is 0 Å². The van der Waals surface area contributed by atoms with Gasteiger partial charge in [0.2, 0.25) is 0 Å². The number of esters is 1. The third-order valence-corrected chi connectivity index (χ3v) is 5.92. The van der Waals surface area contributed by atoms with Crippen LogP contribution in [-0.4, -0.2) is 41.4 Å². The normalized spacial score (nSPS) is 35.5. The number of methoxy groups -OCH3 is 1. The van der Waals surface area contributed by atoms with E-state index in [9.17, 15) is 4.79 Å².